The summed E-state index contributed by atoms with van der Waals surface area (Å²) in [6, 6.07) is 0. The number of nitro groups is 1. The van der Waals surface area contributed by atoms with E-state index in [-0.39, 0.29) is 5.70 Å². The van der Waals surface area contributed by atoms with Crippen molar-refractivity contribution in [3.8, 4) is 0 Å². The minimum absolute atomic E-state index is 0.0405. The molecule has 0 rings (SSSR count). The zero-order chi connectivity index (χ0) is 9.56. The highest BCUT2D eigenvalue weighted by Crippen LogP contribution is 2.13. The van der Waals surface area contributed by atoms with Crippen LogP contribution in [0.3, 0.4) is 0 Å². The van der Waals surface area contributed by atoms with E-state index in [0.29, 0.717) is 0 Å². The second-order valence-corrected chi connectivity index (χ2v) is 3.05. The first-order valence-corrected chi connectivity index (χ1v) is 4.24. The molecule has 12 heavy (non-hydrogen) atoms. The lowest BCUT2D eigenvalue weighted by molar-refractivity contribution is -0.419. The number of allylic oxidation sites excluding steroid dienone is 4. The number of hydrogen-bond acceptors (Lipinski definition) is 2. The van der Waals surface area contributed by atoms with Crippen LogP contribution in [0.2, 0.25) is 0 Å². The van der Waals surface area contributed by atoms with Gasteiger partial charge in [0, 0.05) is 16.6 Å². The van der Waals surface area contributed by atoms with Gasteiger partial charge in [-0.2, -0.15) is 0 Å². The number of hydrogen-bond donors (Lipinski definition) is 0. The maximum atomic E-state index is 10.4. The molecule has 0 aliphatic carbocycles. The Morgan fingerprint density at radius 1 is 1.75 bits per heavy atom. The maximum absolute atomic E-state index is 10.4. The third-order valence-corrected chi connectivity index (χ3v) is 1.93. The Morgan fingerprint density at radius 3 is 2.67 bits per heavy atom. The molecule has 0 spiro atoms. The lowest BCUT2D eigenvalue weighted by Crippen LogP contribution is -1.95. The summed E-state index contributed by atoms with van der Waals surface area (Å²) in [7, 11) is 0. The SMILES string of the molecule is C=C/C=C(\C=C(\Br)CC)[N+](=O)[O-]. The molecule has 0 aliphatic heterocycles. The van der Waals surface area contributed by atoms with Gasteiger partial charge in [0.25, 0.3) is 5.70 Å². The molecule has 0 bridgehead atoms. The molecule has 0 N–H and O–H groups in total. The Kier molecular flexibility index (Phi) is 5.28. The van der Waals surface area contributed by atoms with Crippen molar-refractivity contribution in [2.24, 2.45) is 0 Å². The third kappa shape index (κ3) is 4.08. The predicted molar refractivity (Wildman–Crippen MR) is 52.6 cm³/mol. The predicted octanol–water partition coefficient (Wildman–Crippen LogP) is 3.02. The van der Waals surface area contributed by atoms with Crippen LogP contribution in [0.15, 0.2) is 35.0 Å². The third-order valence-electron chi connectivity index (χ3n) is 1.14. The van der Waals surface area contributed by atoms with E-state index in [0.717, 1.165) is 10.9 Å². The average molecular weight is 232 g/mol. The molecule has 0 heterocycles. The van der Waals surface area contributed by atoms with Gasteiger partial charge >= 0.3 is 0 Å². The molecule has 0 aromatic carbocycles. The second kappa shape index (κ2) is 5.71. The fraction of sp³-hybridized carbons (Fsp3) is 0.250. The van der Waals surface area contributed by atoms with Gasteiger partial charge in [0.2, 0.25) is 0 Å². The molecule has 0 aliphatic rings. The minimum Gasteiger partial charge on any atom is -0.258 e. The quantitative estimate of drug-likeness (QED) is 0.424. The highest BCUT2D eigenvalue weighted by atomic mass is 79.9. The molecular weight excluding hydrogens is 222 g/mol. The molecule has 66 valence electrons. The molecule has 0 aromatic heterocycles. The highest BCUT2D eigenvalue weighted by molar-refractivity contribution is 9.11. The van der Waals surface area contributed by atoms with Crippen molar-refractivity contribution in [2.45, 2.75) is 13.3 Å². The molecule has 0 saturated carbocycles. The van der Waals surface area contributed by atoms with Crippen LogP contribution in [0.1, 0.15) is 13.3 Å². The van der Waals surface area contributed by atoms with Gasteiger partial charge in [-0.05, 0) is 6.42 Å². The van der Waals surface area contributed by atoms with Crippen LogP contribution >= 0.6 is 15.9 Å². The number of rotatable bonds is 4. The highest BCUT2D eigenvalue weighted by Gasteiger charge is 2.04. The van der Waals surface area contributed by atoms with Crippen LogP contribution in [0, 0.1) is 10.1 Å². The van der Waals surface area contributed by atoms with Gasteiger partial charge in [-0.25, -0.2) is 0 Å². The summed E-state index contributed by atoms with van der Waals surface area (Å²) in [5.74, 6) is 0. The summed E-state index contributed by atoms with van der Waals surface area (Å²) >= 11 is 3.20. The molecule has 0 saturated heterocycles. The van der Waals surface area contributed by atoms with Gasteiger partial charge in [0.15, 0.2) is 0 Å². The average Bonchev–Trinajstić information content (AvgIpc) is 2.03. The van der Waals surface area contributed by atoms with E-state index in [1.54, 1.807) is 0 Å². The fourth-order valence-electron chi connectivity index (χ4n) is 0.545. The van der Waals surface area contributed by atoms with E-state index in [1.165, 1.54) is 18.2 Å². The van der Waals surface area contributed by atoms with E-state index in [4.69, 9.17) is 0 Å². The lowest BCUT2D eigenvalue weighted by Gasteiger charge is -1.91. The first-order chi connectivity index (χ1) is 5.61. The van der Waals surface area contributed by atoms with Crippen molar-refractivity contribution < 1.29 is 4.92 Å². The molecule has 4 heteroatoms. The van der Waals surface area contributed by atoms with Crippen molar-refractivity contribution in [3.05, 3.63) is 45.1 Å². The van der Waals surface area contributed by atoms with Crippen LogP contribution in [-0.2, 0) is 0 Å². The summed E-state index contributed by atoms with van der Waals surface area (Å²) in [6.45, 7) is 5.30. The molecule has 0 atom stereocenters. The number of halogens is 1. The van der Waals surface area contributed by atoms with Crippen LogP contribution in [0.4, 0.5) is 0 Å². The van der Waals surface area contributed by atoms with E-state index in [1.807, 2.05) is 6.92 Å². The second-order valence-electron chi connectivity index (χ2n) is 2.03. The van der Waals surface area contributed by atoms with Crippen molar-refractivity contribution in [3.63, 3.8) is 0 Å². The Labute approximate surface area is 79.7 Å². The summed E-state index contributed by atoms with van der Waals surface area (Å²) < 4.78 is 0.798. The largest absolute Gasteiger partial charge is 0.270 e. The summed E-state index contributed by atoms with van der Waals surface area (Å²) in [4.78, 5) is 9.92. The van der Waals surface area contributed by atoms with Gasteiger partial charge < -0.3 is 0 Å². The van der Waals surface area contributed by atoms with Gasteiger partial charge in [-0.15, -0.1) is 0 Å². The fourth-order valence-corrected chi connectivity index (χ4v) is 0.779. The van der Waals surface area contributed by atoms with Crippen molar-refractivity contribution >= 4 is 15.9 Å². The Bertz CT molecular complexity index is 243. The molecule has 0 aromatic rings. The van der Waals surface area contributed by atoms with Gasteiger partial charge in [-0.3, -0.25) is 10.1 Å². The van der Waals surface area contributed by atoms with Gasteiger partial charge in [0.1, 0.15) is 0 Å². The Hall–Kier alpha value is -0.900. The lowest BCUT2D eigenvalue weighted by atomic mass is 10.3. The van der Waals surface area contributed by atoms with Crippen molar-refractivity contribution in [1.29, 1.82) is 0 Å². The van der Waals surface area contributed by atoms with Crippen LogP contribution in [-0.4, -0.2) is 4.92 Å². The van der Waals surface area contributed by atoms with Crippen molar-refractivity contribution in [2.75, 3.05) is 0 Å². The van der Waals surface area contributed by atoms with E-state index in [9.17, 15) is 10.1 Å². The first-order valence-electron chi connectivity index (χ1n) is 3.45. The molecule has 3 nitrogen and oxygen atoms in total. The monoisotopic (exact) mass is 231 g/mol. The van der Waals surface area contributed by atoms with Crippen LogP contribution < -0.4 is 0 Å². The Morgan fingerprint density at radius 2 is 2.33 bits per heavy atom. The van der Waals surface area contributed by atoms with Crippen LogP contribution in [0.5, 0.6) is 0 Å². The summed E-state index contributed by atoms with van der Waals surface area (Å²) in [6.07, 6.45) is 4.96. The topological polar surface area (TPSA) is 43.1 Å². The molecule has 0 radical (unpaired) electrons. The first kappa shape index (κ1) is 11.1. The zero-order valence-electron chi connectivity index (χ0n) is 6.79. The number of nitrogens with zero attached hydrogens (tertiary/aromatic N) is 1. The maximum Gasteiger partial charge on any atom is 0.270 e. The molecule has 0 fully saturated rings. The summed E-state index contributed by atoms with van der Waals surface area (Å²) in [5, 5.41) is 10.4. The summed E-state index contributed by atoms with van der Waals surface area (Å²) in [5.41, 5.74) is 0.0405. The molecule has 0 amide bonds. The molecular formula is C8H10BrNO2. The standard InChI is InChI=1S/C8H10BrNO2/c1-3-5-8(10(11)12)6-7(9)4-2/h3,5-6H,1,4H2,2H3/b7-6+,8-5+. The molecule has 0 unspecified atom stereocenters. The smallest absolute Gasteiger partial charge is 0.258 e. The van der Waals surface area contributed by atoms with Gasteiger partial charge in [-0.1, -0.05) is 35.5 Å². The van der Waals surface area contributed by atoms with Gasteiger partial charge in [0.05, 0.1) is 4.92 Å². The van der Waals surface area contributed by atoms with Crippen molar-refractivity contribution in [1.82, 2.24) is 0 Å². The zero-order valence-corrected chi connectivity index (χ0v) is 8.37. The van der Waals surface area contributed by atoms with E-state index in [2.05, 4.69) is 22.5 Å². The minimum atomic E-state index is -0.446. The van der Waals surface area contributed by atoms with E-state index >= 15 is 0 Å². The Balaban J connectivity index is 4.66. The van der Waals surface area contributed by atoms with E-state index < -0.39 is 4.92 Å². The van der Waals surface area contributed by atoms with Crippen LogP contribution in [0.25, 0.3) is 0 Å². The normalized spacial score (nSPS) is 12.8.